The van der Waals surface area contributed by atoms with Gasteiger partial charge in [-0.15, -0.1) is 0 Å². The molecule has 0 saturated carbocycles. The Morgan fingerprint density at radius 1 is 1.19 bits per heavy atom. The normalized spacial score (nSPS) is 14.8. The number of rotatable bonds is 5. The fourth-order valence-corrected chi connectivity index (χ4v) is 3.49. The number of ether oxygens (including phenoxy) is 1. The van der Waals surface area contributed by atoms with Crippen molar-refractivity contribution in [1.29, 1.82) is 0 Å². The molecular weight excluding hydrogens is 328 g/mol. The van der Waals surface area contributed by atoms with E-state index in [1.54, 1.807) is 13.8 Å². The number of H-pyrrole nitrogens is 1. The maximum atomic E-state index is 12.7. The van der Waals surface area contributed by atoms with Crippen LogP contribution in [0.5, 0.6) is 0 Å². The van der Waals surface area contributed by atoms with Gasteiger partial charge in [-0.25, -0.2) is 4.79 Å². The predicted molar refractivity (Wildman–Crippen MR) is 101 cm³/mol. The van der Waals surface area contributed by atoms with E-state index in [0.717, 1.165) is 19.5 Å². The Morgan fingerprint density at radius 2 is 1.92 bits per heavy atom. The molecule has 26 heavy (non-hydrogen) atoms. The fraction of sp³-hybridized carbons (Fsp3) is 0.333. The number of hydrogen-bond acceptors (Lipinski definition) is 4. The molecule has 0 spiro atoms. The zero-order chi connectivity index (χ0) is 18.7. The lowest BCUT2D eigenvalue weighted by Crippen LogP contribution is -2.33. The van der Waals surface area contributed by atoms with Gasteiger partial charge in [0.15, 0.2) is 5.78 Å². The molecule has 1 aliphatic rings. The molecule has 1 aromatic heterocycles. The molecule has 1 aliphatic heterocycles. The van der Waals surface area contributed by atoms with Crippen LogP contribution in [0, 0.1) is 13.8 Å². The van der Waals surface area contributed by atoms with Crippen LogP contribution in [0.1, 0.15) is 44.1 Å². The van der Waals surface area contributed by atoms with Gasteiger partial charge in [-0.3, -0.25) is 9.69 Å². The number of aromatic nitrogens is 1. The molecule has 1 N–H and O–H groups in total. The van der Waals surface area contributed by atoms with E-state index < -0.39 is 5.97 Å². The summed E-state index contributed by atoms with van der Waals surface area (Å²) in [6.07, 6.45) is 3.12. The van der Waals surface area contributed by atoms with Crippen molar-refractivity contribution in [2.75, 3.05) is 26.7 Å². The molecular formula is C21H24N2O3. The second-order valence-electron chi connectivity index (χ2n) is 6.62. The Labute approximate surface area is 153 Å². The van der Waals surface area contributed by atoms with E-state index in [2.05, 4.69) is 28.1 Å². The minimum Gasteiger partial charge on any atom is -0.465 e. The van der Waals surface area contributed by atoms with Crippen molar-refractivity contribution < 1.29 is 14.3 Å². The van der Waals surface area contributed by atoms with Gasteiger partial charge in [0, 0.05) is 18.8 Å². The third kappa shape index (κ3) is 3.63. The summed E-state index contributed by atoms with van der Waals surface area (Å²) >= 11 is 0. The van der Waals surface area contributed by atoms with Gasteiger partial charge in [0.1, 0.15) is 0 Å². The lowest BCUT2D eigenvalue weighted by Gasteiger charge is -2.25. The van der Waals surface area contributed by atoms with E-state index >= 15 is 0 Å². The number of carbonyl (C=O) groups excluding carboxylic acids is 2. The molecule has 0 bridgehead atoms. The molecule has 0 unspecified atom stereocenters. The quantitative estimate of drug-likeness (QED) is 0.662. The van der Waals surface area contributed by atoms with Gasteiger partial charge >= 0.3 is 5.97 Å². The van der Waals surface area contributed by atoms with Crippen molar-refractivity contribution in [3.05, 3.63) is 64.5 Å². The third-order valence-electron chi connectivity index (χ3n) is 4.91. The highest BCUT2D eigenvalue weighted by Gasteiger charge is 2.24. The van der Waals surface area contributed by atoms with Crippen LogP contribution in [-0.2, 0) is 4.74 Å². The van der Waals surface area contributed by atoms with Crippen molar-refractivity contribution in [2.45, 2.75) is 20.3 Å². The number of carbonyl (C=O) groups is 2. The van der Waals surface area contributed by atoms with Crippen molar-refractivity contribution in [1.82, 2.24) is 9.88 Å². The molecule has 136 valence electrons. The van der Waals surface area contributed by atoms with Gasteiger partial charge in [-0.05, 0) is 37.0 Å². The monoisotopic (exact) mass is 352 g/mol. The van der Waals surface area contributed by atoms with Crippen molar-refractivity contribution in [2.24, 2.45) is 0 Å². The molecule has 2 aromatic rings. The molecule has 2 heterocycles. The summed E-state index contributed by atoms with van der Waals surface area (Å²) in [5.74, 6) is -0.416. The number of Topliss-reactive ketones (excluding diaryl/α,β-unsaturated/α-hetero) is 1. The van der Waals surface area contributed by atoms with Gasteiger partial charge in [0.25, 0.3) is 0 Å². The summed E-state index contributed by atoms with van der Waals surface area (Å²) < 4.78 is 4.81. The fourth-order valence-electron chi connectivity index (χ4n) is 3.49. The van der Waals surface area contributed by atoms with Gasteiger partial charge in [-0.2, -0.15) is 0 Å². The van der Waals surface area contributed by atoms with Gasteiger partial charge in [0.2, 0.25) is 0 Å². The molecule has 0 atom stereocenters. The molecule has 1 aromatic carbocycles. The first-order valence-electron chi connectivity index (χ1n) is 8.78. The Kier molecular flexibility index (Phi) is 5.38. The Balaban J connectivity index is 1.68. The van der Waals surface area contributed by atoms with E-state index in [4.69, 9.17) is 4.74 Å². The van der Waals surface area contributed by atoms with Crippen molar-refractivity contribution >= 4 is 17.3 Å². The number of ketones is 1. The van der Waals surface area contributed by atoms with E-state index in [9.17, 15) is 9.59 Å². The Hall–Kier alpha value is -2.66. The van der Waals surface area contributed by atoms with Crippen LogP contribution in [0.2, 0.25) is 0 Å². The molecule has 0 radical (unpaired) electrons. The topological polar surface area (TPSA) is 62.4 Å². The molecule has 3 rings (SSSR count). The Morgan fingerprint density at radius 3 is 2.54 bits per heavy atom. The Bertz CT molecular complexity index is 850. The van der Waals surface area contributed by atoms with Crippen molar-refractivity contribution in [3.8, 4) is 0 Å². The number of hydrogen-bond donors (Lipinski definition) is 1. The van der Waals surface area contributed by atoms with Crippen LogP contribution in [0.4, 0.5) is 0 Å². The molecule has 0 aliphatic carbocycles. The maximum Gasteiger partial charge on any atom is 0.339 e. The standard InChI is InChI=1S/C21H24N2O3/c1-14-19(21(25)26-3)15(2)22-20(14)18(24)13-23-11-9-17(10-12-23)16-7-5-4-6-8-16/h4-9,22H,10-13H2,1-3H3. The van der Waals surface area contributed by atoms with Crippen LogP contribution in [0.15, 0.2) is 36.4 Å². The summed E-state index contributed by atoms with van der Waals surface area (Å²) in [5, 5.41) is 0. The highest BCUT2D eigenvalue weighted by Crippen LogP contribution is 2.23. The first kappa shape index (κ1) is 18.1. The van der Waals surface area contributed by atoms with E-state index in [1.165, 1.54) is 18.2 Å². The number of methoxy groups -OCH3 is 1. The summed E-state index contributed by atoms with van der Waals surface area (Å²) in [7, 11) is 1.35. The number of nitrogens with one attached hydrogen (secondary N) is 1. The molecule has 0 saturated heterocycles. The number of esters is 1. The summed E-state index contributed by atoms with van der Waals surface area (Å²) in [6, 6.07) is 10.3. The largest absolute Gasteiger partial charge is 0.465 e. The maximum absolute atomic E-state index is 12.7. The first-order valence-corrected chi connectivity index (χ1v) is 8.78. The van der Waals surface area contributed by atoms with Crippen molar-refractivity contribution in [3.63, 3.8) is 0 Å². The highest BCUT2D eigenvalue weighted by atomic mass is 16.5. The average Bonchev–Trinajstić information content (AvgIpc) is 2.97. The zero-order valence-electron chi connectivity index (χ0n) is 15.5. The second-order valence-corrected chi connectivity index (χ2v) is 6.62. The minimum atomic E-state index is -0.413. The zero-order valence-corrected chi connectivity index (χ0v) is 15.5. The van der Waals surface area contributed by atoms with Crippen LogP contribution >= 0.6 is 0 Å². The van der Waals surface area contributed by atoms with E-state index in [-0.39, 0.29) is 5.78 Å². The lowest BCUT2D eigenvalue weighted by atomic mass is 9.99. The number of benzene rings is 1. The predicted octanol–water partition coefficient (Wildman–Crippen LogP) is 3.39. The minimum absolute atomic E-state index is 0.00249. The van der Waals surface area contributed by atoms with Gasteiger partial charge in [-0.1, -0.05) is 36.4 Å². The molecule has 0 fully saturated rings. The van der Waals surface area contributed by atoms with Crippen LogP contribution < -0.4 is 0 Å². The van der Waals surface area contributed by atoms with Gasteiger partial charge < -0.3 is 9.72 Å². The SMILES string of the molecule is COC(=O)c1c(C)[nH]c(C(=O)CN2CC=C(c3ccccc3)CC2)c1C. The number of nitrogens with zero attached hydrogens (tertiary/aromatic N) is 1. The third-order valence-corrected chi connectivity index (χ3v) is 4.91. The summed E-state index contributed by atoms with van der Waals surface area (Å²) in [6.45, 7) is 5.49. The average molecular weight is 352 g/mol. The van der Waals surface area contributed by atoms with E-state index in [0.29, 0.717) is 29.1 Å². The smallest absolute Gasteiger partial charge is 0.339 e. The van der Waals surface area contributed by atoms with Crippen LogP contribution in [0.3, 0.4) is 0 Å². The van der Waals surface area contributed by atoms with E-state index in [1.807, 2.05) is 18.2 Å². The molecule has 0 amide bonds. The number of aryl methyl sites for hydroxylation is 1. The number of aromatic amines is 1. The van der Waals surface area contributed by atoms with Crippen LogP contribution in [0.25, 0.3) is 5.57 Å². The summed E-state index contributed by atoms with van der Waals surface area (Å²) in [5.41, 5.74) is 4.87. The first-order chi connectivity index (χ1) is 12.5. The highest BCUT2D eigenvalue weighted by molar-refractivity contribution is 6.02. The van der Waals surface area contributed by atoms with Gasteiger partial charge in [0.05, 0.1) is 24.9 Å². The summed E-state index contributed by atoms with van der Waals surface area (Å²) in [4.78, 5) is 29.8. The molecule has 5 nitrogen and oxygen atoms in total. The van der Waals surface area contributed by atoms with Crippen LogP contribution in [-0.4, -0.2) is 48.4 Å². The lowest BCUT2D eigenvalue weighted by molar-refractivity contribution is 0.0599. The molecule has 5 heteroatoms. The second kappa shape index (κ2) is 7.70.